The first-order valence-electron chi connectivity index (χ1n) is 8.18. The summed E-state index contributed by atoms with van der Waals surface area (Å²) in [5, 5.41) is 25.8. The average Bonchev–Trinajstić information content (AvgIpc) is 3.07. The molecule has 0 unspecified atom stereocenters. The van der Waals surface area contributed by atoms with Crippen LogP contribution in [0.15, 0.2) is 30.5 Å². The number of likely N-dealkylation sites (tertiary alicyclic amines) is 1. The van der Waals surface area contributed by atoms with Crippen LogP contribution in [0.25, 0.3) is 0 Å². The van der Waals surface area contributed by atoms with E-state index in [0.717, 1.165) is 0 Å². The van der Waals surface area contributed by atoms with E-state index < -0.39 is 29.8 Å². The van der Waals surface area contributed by atoms with Gasteiger partial charge in [0.25, 0.3) is 5.91 Å². The molecule has 0 saturated carbocycles. The van der Waals surface area contributed by atoms with Gasteiger partial charge in [-0.1, -0.05) is 0 Å². The Balaban J connectivity index is 1.88. The minimum absolute atomic E-state index is 0.0585. The van der Waals surface area contributed by atoms with Crippen LogP contribution in [0.5, 0.6) is 0 Å². The number of aromatic nitrogens is 2. The lowest BCUT2D eigenvalue weighted by Crippen LogP contribution is -2.43. The molecule has 1 fully saturated rings. The fourth-order valence-electron chi connectivity index (χ4n) is 3.06. The number of rotatable bonds is 4. The minimum Gasteiger partial charge on any atom is -0.465 e. The number of nitriles is 1. The Bertz CT molecular complexity index is 904. The highest BCUT2D eigenvalue weighted by Crippen LogP contribution is 2.30. The van der Waals surface area contributed by atoms with Crippen LogP contribution in [0, 0.1) is 23.1 Å². The van der Waals surface area contributed by atoms with E-state index in [2.05, 4.69) is 16.5 Å². The van der Waals surface area contributed by atoms with Gasteiger partial charge in [0.2, 0.25) is 0 Å². The molecule has 10 heteroatoms. The molecule has 0 bridgehead atoms. The minimum atomic E-state index is -1.08. The number of carboxylic acid groups (broad SMARTS) is 1. The van der Waals surface area contributed by atoms with Gasteiger partial charge in [0.1, 0.15) is 11.4 Å². The normalized spacial score (nSPS) is 19.3. The second kappa shape index (κ2) is 7.33. The van der Waals surface area contributed by atoms with E-state index in [1.807, 2.05) is 0 Å². The molecule has 2 atom stereocenters. The highest BCUT2D eigenvalue weighted by molar-refractivity contribution is 5.98. The lowest BCUT2D eigenvalue weighted by molar-refractivity contribution is 0.100. The molecule has 3 rings (SSSR count). The zero-order valence-electron chi connectivity index (χ0n) is 14.2. The number of anilines is 2. The Morgan fingerprint density at radius 3 is 2.67 bits per heavy atom. The summed E-state index contributed by atoms with van der Waals surface area (Å²) in [7, 11) is 0. The van der Waals surface area contributed by atoms with Gasteiger partial charge in [-0.05, 0) is 30.7 Å². The second-order valence-electron chi connectivity index (χ2n) is 6.19. The topological polar surface area (TPSA) is 137 Å². The first kappa shape index (κ1) is 18.2. The quantitative estimate of drug-likeness (QED) is 0.750. The van der Waals surface area contributed by atoms with Crippen LogP contribution >= 0.6 is 0 Å². The number of benzene rings is 1. The fourth-order valence-corrected chi connectivity index (χ4v) is 3.06. The van der Waals surface area contributed by atoms with Crippen LogP contribution < -0.4 is 11.1 Å². The van der Waals surface area contributed by atoms with Crippen LogP contribution in [-0.4, -0.2) is 44.9 Å². The van der Waals surface area contributed by atoms with Crippen molar-refractivity contribution in [1.29, 1.82) is 5.26 Å². The first-order valence-corrected chi connectivity index (χ1v) is 8.18. The molecule has 4 N–H and O–H groups in total. The number of halogens is 1. The predicted octanol–water partition coefficient (Wildman–Crippen LogP) is 1.93. The number of nitrogens with one attached hydrogen (secondary N) is 1. The number of nitrogens with zero attached hydrogens (tertiary/aromatic N) is 4. The van der Waals surface area contributed by atoms with Gasteiger partial charge in [-0.3, -0.25) is 9.48 Å². The van der Waals surface area contributed by atoms with E-state index in [0.29, 0.717) is 12.1 Å². The van der Waals surface area contributed by atoms with E-state index in [-0.39, 0.29) is 24.5 Å². The number of hydrogen-bond acceptors (Lipinski definition) is 5. The summed E-state index contributed by atoms with van der Waals surface area (Å²) >= 11 is 0. The third-order valence-electron chi connectivity index (χ3n) is 4.46. The summed E-state index contributed by atoms with van der Waals surface area (Å²) in [5.74, 6) is -1.54. The number of carbonyl (C=O) groups excluding carboxylic acids is 1. The van der Waals surface area contributed by atoms with Crippen LogP contribution in [0.1, 0.15) is 22.8 Å². The van der Waals surface area contributed by atoms with Gasteiger partial charge in [-0.25, -0.2) is 9.18 Å². The fraction of sp³-hybridized carbons (Fsp3) is 0.294. The molecule has 2 amide bonds. The van der Waals surface area contributed by atoms with E-state index >= 15 is 0 Å². The summed E-state index contributed by atoms with van der Waals surface area (Å²) in [6.45, 7) is 0.313. The Kier molecular flexibility index (Phi) is 4.94. The molecule has 1 saturated heterocycles. The van der Waals surface area contributed by atoms with Gasteiger partial charge in [-0.15, -0.1) is 0 Å². The van der Waals surface area contributed by atoms with Crippen molar-refractivity contribution in [3.05, 3.63) is 41.8 Å². The van der Waals surface area contributed by atoms with Gasteiger partial charge in [0.05, 0.1) is 18.0 Å². The zero-order valence-corrected chi connectivity index (χ0v) is 14.2. The second-order valence-corrected chi connectivity index (χ2v) is 6.19. The number of amides is 2. The van der Waals surface area contributed by atoms with Crippen molar-refractivity contribution in [1.82, 2.24) is 14.7 Å². The Morgan fingerprint density at radius 1 is 1.37 bits per heavy atom. The largest absolute Gasteiger partial charge is 0.465 e. The molecule has 0 aliphatic carbocycles. The van der Waals surface area contributed by atoms with Crippen molar-refractivity contribution in [2.45, 2.75) is 12.5 Å². The SMILES string of the molecule is N#C[C@@H]1CN(C(=O)O)CC[C@@H]1n1cc(C(N)=O)c(Nc2ccc(F)cc2)n1. The highest BCUT2D eigenvalue weighted by atomic mass is 19.1. The lowest BCUT2D eigenvalue weighted by atomic mass is 9.94. The molecular weight excluding hydrogens is 355 g/mol. The van der Waals surface area contributed by atoms with Crippen molar-refractivity contribution in [3.63, 3.8) is 0 Å². The van der Waals surface area contributed by atoms with E-state index in [1.54, 1.807) is 0 Å². The monoisotopic (exact) mass is 372 g/mol. The average molecular weight is 372 g/mol. The van der Waals surface area contributed by atoms with Crippen molar-refractivity contribution >= 4 is 23.5 Å². The smallest absolute Gasteiger partial charge is 0.407 e. The van der Waals surface area contributed by atoms with E-state index in [4.69, 9.17) is 10.8 Å². The summed E-state index contributed by atoms with van der Waals surface area (Å²) < 4.78 is 14.5. The number of piperidine rings is 1. The molecule has 27 heavy (non-hydrogen) atoms. The molecule has 0 spiro atoms. The maximum absolute atomic E-state index is 13.1. The van der Waals surface area contributed by atoms with Crippen LogP contribution in [-0.2, 0) is 0 Å². The molecule has 2 heterocycles. The molecule has 9 nitrogen and oxygen atoms in total. The molecular formula is C17H17FN6O3. The highest BCUT2D eigenvalue weighted by Gasteiger charge is 2.34. The van der Waals surface area contributed by atoms with Gasteiger partial charge >= 0.3 is 6.09 Å². The van der Waals surface area contributed by atoms with Crippen molar-refractivity contribution in [2.24, 2.45) is 11.7 Å². The summed E-state index contributed by atoms with van der Waals surface area (Å²) in [6.07, 6.45) is 0.741. The lowest BCUT2D eigenvalue weighted by Gasteiger charge is -2.33. The van der Waals surface area contributed by atoms with Gasteiger partial charge in [0.15, 0.2) is 5.82 Å². The third-order valence-corrected chi connectivity index (χ3v) is 4.46. The number of primary amides is 1. The van der Waals surface area contributed by atoms with Crippen molar-refractivity contribution in [3.8, 4) is 6.07 Å². The number of nitrogens with two attached hydrogens (primary N) is 1. The van der Waals surface area contributed by atoms with Gasteiger partial charge < -0.3 is 21.1 Å². The zero-order chi connectivity index (χ0) is 19.6. The number of carbonyl (C=O) groups is 2. The van der Waals surface area contributed by atoms with E-state index in [1.165, 1.54) is 40.0 Å². The van der Waals surface area contributed by atoms with Crippen LogP contribution in [0.2, 0.25) is 0 Å². The standard InChI is InChI=1S/C17H17FN6O3/c18-11-1-3-12(4-2-11)21-16-13(15(20)25)9-24(22-16)14-5-6-23(17(26)27)8-10(14)7-19/h1-4,9-10,14H,5-6,8H2,(H2,20,25)(H,21,22)(H,26,27)/t10-,14+/m1/s1. The number of hydrogen-bond donors (Lipinski definition) is 3. The summed E-state index contributed by atoms with van der Waals surface area (Å²) in [5.41, 5.74) is 6.06. The maximum atomic E-state index is 13.1. The van der Waals surface area contributed by atoms with Crippen LogP contribution in [0.3, 0.4) is 0 Å². The summed E-state index contributed by atoms with van der Waals surface area (Å²) in [4.78, 5) is 24.1. The molecule has 2 aromatic rings. The third kappa shape index (κ3) is 3.82. The molecule has 0 radical (unpaired) electrons. The Labute approximate surface area is 153 Å². The molecule has 1 aliphatic rings. The Morgan fingerprint density at radius 2 is 2.07 bits per heavy atom. The molecule has 1 aromatic heterocycles. The van der Waals surface area contributed by atoms with Gasteiger partial charge in [-0.2, -0.15) is 10.4 Å². The van der Waals surface area contributed by atoms with Crippen molar-refractivity contribution < 1.29 is 19.1 Å². The maximum Gasteiger partial charge on any atom is 0.407 e. The predicted molar refractivity (Wildman–Crippen MR) is 92.8 cm³/mol. The molecule has 140 valence electrons. The van der Waals surface area contributed by atoms with Crippen molar-refractivity contribution in [2.75, 3.05) is 18.4 Å². The Hall–Kier alpha value is -3.61. The first-order chi connectivity index (χ1) is 12.9. The molecule has 1 aliphatic heterocycles. The van der Waals surface area contributed by atoms with Gasteiger partial charge in [0, 0.05) is 25.0 Å². The van der Waals surface area contributed by atoms with E-state index in [9.17, 15) is 19.2 Å². The summed E-state index contributed by atoms with van der Waals surface area (Å²) in [6, 6.07) is 7.21. The van der Waals surface area contributed by atoms with Crippen LogP contribution in [0.4, 0.5) is 20.7 Å². The molecule has 1 aromatic carbocycles.